The van der Waals surface area contributed by atoms with E-state index in [1.807, 2.05) is 6.07 Å². The number of hydrogen-bond acceptors (Lipinski definition) is 4. The molecule has 0 radical (unpaired) electrons. The number of likely N-dealkylation sites (tertiary alicyclic amines) is 1. The molecule has 1 aliphatic heterocycles. The fourth-order valence-corrected chi connectivity index (χ4v) is 6.52. The van der Waals surface area contributed by atoms with Crippen molar-refractivity contribution in [1.29, 1.82) is 0 Å². The summed E-state index contributed by atoms with van der Waals surface area (Å²) >= 11 is 0. The van der Waals surface area contributed by atoms with Crippen molar-refractivity contribution in [2.75, 3.05) is 6.54 Å². The minimum Gasteiger partial charge on any atom is -0.507 e. The lowest BCUT2D eigenvalue weighted by atomic mass is 9.51. The molecule has 0 unspecified atom stereocenters. The minimum absolute atomic E-state index is 0.0295. The van der Waals surface area contributed by atoms with Crippen molar-refractivity contribution >= 4 is 11.7 Å². The van der Waals surface area contributed by atoms with Crippen molar-refractivity contribution in [1.82, 2.24) is 4.90 Å². The highest BCUT2D eigenvalue weighted by molar-refractivity contribution is 5.96. The molecule has 0 aromatic heterocycles. The number of fused-ring (bicyclic) bond motifs is 1. The van der Waals surface area contributed by atoms with Gasteiger partial charge in [-0.25, -0.2) is 0 Å². The van der Waals surface area contributed by atoms with Crippen molar-refractivity contribution < 1.29 is 14.7 Å². The zero-order valence-electron chi connectivity index (χ0n) is 15.9. The van der Waals surface area contributed by atoms with Crippen molar-refractivity contribution in [3.05, 3.63) is 28.8 Å². The summed E-state index contributed by atoms with van der Waals surface area (Å²) in [5.74, 6) is 0.890. The number of carbonyl (C=O) groups is 2. The molecule has 1 aromatic rings. The van der Waals surface area contributed by atoms with Crippen LogP contribution in [-0.4, -0.2) is 40.3 Å². The van der Waals surface area contributed by atoms with Crippen LogP contribution in [0.4, 0.5) is 0 Å². The second-order valence-corrected chi connectivity index (χ2v) is 9.21. The van der Waals surface area contributed by atoms with E-state index in [-0.39, 0.29) is 22.5 Å². The normalized spacial score (nSPS) is 33.9. The number of Topliss-reactive ketones (excluding diaryl/α,β-unsaturated/α-hetero) is 1. The van der Waals surface area contributed by atoms with Gasteiger partial charge in [-0.15, -0.1) is 0 Å². The zero-order chi connectivity index (χ0) is 18.9. The molecule has 1 heterocycles. The smallest absolute Gasteiger partial charge is 0.252 e. The summed E-state index contributed by atoms with van der Waals surface area (Å²) in [6, 6.07) is 4.63. The Balaban J connectivity index is 1.65. The first-order valence-electron chi connectivity index (χ1n) is 10.3. The quantitative estimate of drug-likeness (QED) is 0.859. The Morgan fingerprint density at radius 3 is 2.81 bits per heavy atom. The molecule has 27 heavy (non-hydrogen) atoms. The molecule has 3 aliphatic carbocycles. The van der Waals surface area contributed by atoms with Crippen LogP contribution in [0.15, 0.2) is 12.1 Å². The first kappa shape index (κ1) is 17.2. The maximum atomic E-state index is 12.5. The fourth-order valence-electron chi connectivity index (χ4n) is 6.52. The Hall–Kier alpha value is -1.88. The molecule has 5 nitrogen and oxygen atoms in total. The topological polar surface area (TPSA) is 83.6 Å². The molecule has 1 saturated heterocycles. The number of phenols is 1. The molecule has 0 spiro atoms. The van der Waals surface area contributed by atoms with E-state index in [4.69, 9.17) is 5.73 Å². The molecule has 5 rings (SSSR count). The average molecular weight is 368 g/mol. The number of amides is 1. The lowest BCUT2D eigenvalue weighted by molar-refractivity contribution is -0.128. The summed E-state index contributed by atoms with van der Waals surface area (Å²) in [5.41, 5.74) is 7.31. The summed E-state index contributed by atoms with van der Waals surface area (Å²) < 4.78 is 0. The summed E-state index contributed by atoms with van der Waals surface area (Å²) in [4.78, 5) is 27.0. The molecule has 4 atom stereocenters. The Bertz CT molecular complexity index is 831. The van der Waals surface area contributed by atoms with E-state index in [2.05, 4.69) is 11.8 Å². The molecule has 1 amide bonds. The van der Waals surface area contributed by atoms with Gasteiger partial charge < -0.3 is 10.8 Å². The molecule has 3 N–H and O–H groups in total. The van der Waals surface area contributed by atoms with Crippen LogP contribution < -0.4 is 5.73 Å². The van der Waals surface area contributed by atoms with E-state index < -0.39 is 5.91 Å². The Morgan fingerprint density at radius 1 is 1.33 bits per heavy atom. The molecule has 4 aliphatic rings. The molecular formula is C22H28N2O3. The van der Waals surface area contributed by atoms with Crippen molar-refractivity contribution in [2.24, 2.45) is 17.6 Å². The lowest BCUT2D eigenvalue weighted by Crippen LogP contribution is -2.63. The summed E-state index contributed by atoms with van der Waals surface area (Å²) in [6.45, 7) is 3.33. The van der Waals surface area contributed by atoms with Gasteiger partial charge in [0.2, 0.25) is 0 Å². The van der Waals surface area contributed by atoms with E-state index in [0.717, 1.165) is 42.9 Å². The zero-order valence-corrected chi connectivity index (χ0v) is 15.9. The Labute approximate surface area is 159 Å². The number of primary amides is 1. The first-order chi connectivity index (χ1) is 12.9. The number of aromatic hydroxyl groups is 1. The highest BCUT2D eigenvalue weighted by Gasteiger charge is 2.58. The summed E-state index contributed by atoms with van der Waals surface area (Å²) in [5, 5.41) is 11.0. The average Bonchev–Trinajstić information content (AvgIpc) is 3.45. The third kappa shape index (κ3) is 2.40. The minimum atomic E-state index is -0.604. The van der Waals surface area contributed by atoms with Gasteiger partial charge >= 0.3 is 0 Å². The van der Waals surface area contributed by atoms with Gasteiger partial charge in [-0.3, -0.25) is 14.5 Å². The van der Waals surface area contributed by atoms with Crippen LogP contribution in [0.2, 0.25) is 0 Å². The highest BCUT2D eigenvalue weighted by atomic mass is 16.3. The van der Waals surface area contributed by atoms with Gasteiger partial charge in [0.1, 0.15) is 11.5 Å². The summed E-state index contributed by atoms with van der Waals surface area (Å²) in [6.07, 6.45) is 6.44. The van der Waals surface area contributed by atoms with Crippen LogP contribution in [0.3, 0.4) is 0 Å². The first-order valence-corrected chi connectivity index (χ1v) is 10.3. The van der Waals surface area contributed by atoms with Crippen LogP contribution in [0.5, 0.6) is 5.75 Å². The van der Waals surface area contributed by atoms with Gasteiger partial charge in [-0.1, -0.05) is 6.07 Å². The number of carbonyl (C=O) groups excluding carboxylic acids is 2. The van der Waals surface area contributed by atoms with Gasteiger partial charge in [0.05, 0.1) is 5.56 Å². The maximum absolute atomic E-state index is 12.5. The maximum Gasteiger partial charge on any atom is 0.252 e. The summed E-state index contributed by atoms with van der Waals surface area (Å²) in [7, 11) is 0. The number of piperidine rings is 1. The number of hydrogen-bond donors (Lipinski definition) is 2. The predicted octanol–water partition coefficient (Wildman–Crippen LogP) is 2.53. The van der Waals surface area contributed by atoms with Crippen LogP contribution in [0.25, 0.3) is 0 Å². The van der Waals surface area contributed by atoms with Crippen molar-refractivity contribution in [3.63, 3.8) is 0 Å². The Kier molecular flexibility index (Phi) is 3.71. The molecule has 144 valence electrons. The molecule has 3 fully saturated rings. The number of ketones is 1. The van der Waals surface area contributed by atoms with Gasteiger partial charge in [-0.05, 0) is 69.0 Å². The largest absolute Gasteiger partial charge is 0.507 e. The van der Waals surface area contributed by atoms with Crippen LogP contribution >= 0.6 is 0 Å². The van der Waals surface area contributed by atoms with Crippen molar-refractivity contribution in [3.8, 4) is 5.75 Å². The number of benzene rings is 1. The monoisotopic (exact) mass is 368 g/mol. The number of nitrogens with two attached hydrogens (primary N) is 1. The van der Waals surface area contributed by atoms with E-state index in [1.54, 1.807) is 6.07 Å². The lowest BCUT2D eigenvalue weighted by Gasteiger charge is -2.60. The standard InChI is InChI=1S/C22H28N2O3/c1-12(13-2-3-13)24-9-8-22-11-15(25)5-7-17(22)18(24)10-14-4-6-16(21(23)27)20(26)19(14)22/h4,6,12-13,17-18,26H,2-3,5,7-11H2,1H3,(H2,23,27)/t12-,17-,18+,22-/m0/s1. The number of nitrogens with zero attached hydrogens (tertiary/aromatic N) is 1. The molecule has 2 bridgehead atoms. The molecule has 2 saturated carbocycles. The van der Waals surface area contributed by atoms with Crippen LogP contribution in [0, 0.1) is 11.8 Å². The highest BCUT2D eigenvalue weighted by Crippen LogP contribution is 2.58. The molecule has 1 aromatic carbocycles. The van der Waals surface area contributed by atoms with E-state index in [1.165, 1.54) is 12.8 Å². The van der Waals surface area contributed by atoms with Gasteiger partial charge in [0.15, 0.2) is 0 Å². The van der Waals surface area contributed by atoms with E-state index >= 15 is 0 Å². The molecule has 5 heteroatoms. The van der Waals surface area contributed by atoms with Gasteiger partial charge in [0, 0.05) is 35.9 Å². The molecular weight excluding hydrogens is 340 g/mol. The van der Waals surface area contributed by atoms with Gasteiger partial charge in [-0.2, -0.15) is 0 Å². The third-order valence-electron chi connectivity index (χ3n) is 7.95. The van der Waals surface area contributed by atoms with E-state index in [9.17, 15) is 14.7 Å². The second kappa shape index (κ2) is 5.81. The van der Waals surface area contributed by atoms with Crippen LogP contribution in [0.1, 0.15) is 66.9 Å². The third-order valence-corrected chi connectivity index (χ3v) is 7.95. The van der Waals surface area contributed by atoms with Gasteiger partial charge in [0.25, 0.3) is 5.91 Å². The second-order valence-electron chi connectivity index (χ2n) is 9.21. The van der Waals surface area contributed by atoms with E-state index in [0.29, 0.717) is 30.8 Å². The predicted molar refractivity (Wildman–Crippen MR) is 102 cm³/mol. The van der Waals surface area contributed by atoms with Crippen molar-refractivity contribution in [2.45, 2.75) is 69.4 Å². The fraction of sp³-hybridized carbons (Fsp3) is 0.636. The number of rotatable bonds is 3. The Morgan fingerprint density at radius 2 is 2.11 bits per heavy atom. The SMILES string of the molecule is C[C@@H](C1CC1)N1CC[C@]23CC(=O)CC[C@H]2[C@H]1Cc1ccc(C(N)=O)c(O)c13. The van der Waals surface area contributed by atoms with Crippen LogP contribution in [-0.2, 0) is 16.6 Å².